The highest BCUT2D eigenvalue weighted by Crippen LogP contribution is 2.34. The van der Waals surface area contributed by atoms with Crippen LogP contribution in [0.2, 0.25) is 0 Å². The smallest absolute Gasteiger partial charge is 0.334 e. The molecule has 12 heteroatoms. The molecular formula is C25H38N4O8. The van der Waals surface area contributed by atoms with Crippen molar-refractivity contribution in [2.45, 2.75) is 95.7 Å². The summed E-state index contributed by atoms with van der Waals surface area (Å²) in [6.45, 7) is 2.14. The number of carbonyl (C=O) groups excluding carboxylic acids is 6. The summed E-state index contributed by atoms with van der Waals surface area (Å²) in [5, 5.41) is 4.88. The highest BCUT2D eigenvalue weighted by Gasteiger charge is 2.64. The number of nitrogens with one attached hydrogen (secondary N) is 2. The van der Waals surface area contributed by atoms with Gasteiger partial charge in [0, 0.05) is 12.1 Å². The molecule has 5 amide bonds. The Balaban J connectivity index is 2.05. The van der Waals surface area contributed by atoms with Crippen molar-refractivity contribution in [1.29, 1.82) is 0 Å². The summed E-state index contributed by atoms with van der Waals surface area (Å²) in [5.74, 6) is -4.71. The monoisotopic (exact) mass is 522 g/mol. The maximum absolute atomic E-state index is 14.0. The standard InChI is InChI=1S/C25H38N4O8/c1-3-36-19(30)15-26-21(32)25(27-16-20(31)37-4-2)22(33)28(17-11-7-5-8-12-17)24(35)29(23(25)34)18-13-9-6-10-14-18/h17-18,27H,3-16H2,1-2H3,(H,26,32). The minimum absolute atomic E-state index is 0.0609. The second-order valence-corrected chi connectivity index (χ2v) is 9.61. The molecule has 2 N–H and O–H groups in total. The average Bonchev–Trinajstić information content (AvgIpc) is 2.89. The zero-order valence-corrected chi connectivity index (χ0v) is 21.7. The first-order valence-corrected chi connectivity index (χ1v) is 13.3. The van der Waals surface area contributed by atoms with Crippen molar-refractivity contribution >= 4 is 35.7 Å². The quantitative estimate of drug-likeness (QED) is 0.316. The Hall–Kier alpha value is -3.02. The van der Waals surface area contributed by atoms with Gasteiger partial charge in [-0.25, -0.2) is 4.79 Å². The topological polar surface area (TPSA) is 151 Å². The number of rotatable bonds is 10. The van der Waals surface area contributed by atoms with Crippen molar-refractivity contribution in [3.8, 4) is 0 Å². The third-order valence-electron chi connectivity index (χ3n) is 7.21. The molecule has 1 saturated heterocycles. The number of carbonyl (C=O) groups is 6. The Morgan fingerprint density at radius 2 is 1.19 bits per heavy atom. The van der Waals surface area contributed by atoms with Gasteiger partial charge < -0.3 is 14.8 Å². The van der Waals surface area contributed by atoms with Gasteiger partial charge in [-0.2, -0.15) is 0 Å². The van der Waals surface area contributed by atoms with Crippen LogP contribution in [0, 0.1) is 0 Å². The third kappa shape index (κ3) is 6.11. The average molecular weight is 523 g/mol. The molecular weight excluding hydrogens is 484 g/mol. The van der Waals surface area contributed by atoms with Gasteiger partial charge in [-0.1, -0.05) is 38.5 Å². The van der Waals surface area contributed by atoms with Gasteiger partial charge in [-0.3, -0.25) is 39.1 Å². The maximum atomic E-state index is 14.0. The second-order valence-electron chi connectivity index (χ2n) is 9.61. The van der Waals surface area contributed by atoms with Gasteiger partial charge in [0.25, 0.3) is 23.3 Å². The lowest BCUT2D eigenvalue weighted by molar-refractivity contribution is -0.163. The SMILES string of the molecule is CCOC(=O)CNC(=O)C1(NCC(=O)OCC)C(=O)N(C2CCCCC2)C(=O)N(C2CCCCC2)C1=O. The van der Waals surface area contributed by atoms with E-state index in [1.165, 1.54) is 0 Å². The summed E-state index contributed by atoms with van der Waals surface area (Å²) in [6, 6.07) is -1.68. The van der Waals surface area contributed by atoms with Crippen molar-refractivity contribution in [3.63, 3.8) is 0 Å². The molecule has 3 aliphatic rings. The van der Waals surface area contributed by atoms with Crippen LogP contribution in [0.25, 0.3) is 0 Å². The number of ether oxygens (including phenoxy) is 2. The van der Waals surface area contributed by atoms with Gasteiger partial charge in [-0.15, -0.1) is 0 Å². The first-order chi connectivity index (χ1) is 17.8. The van der Waals surface area contributed by atoms with Crippen LogP contribution in [0.5, 0.6) is 0 Å². The maximum Gasteiger partial charge on any atom is 0.334 e. The number of imide groups is 2. The van der Waals surface area contributed by atoms with Crippen LogP contribution in [-0.2, 0) is 33.4 Å². The van der Waals surface area contributed by atoms with Crippen molar-refractivity contribution in [2.24, 2.45) is 0 Å². The van der Waals surface area contributed by atoms with E-state index in [4.69, 9.17) is 9.47 Å². The molecule has 0 aromatic heterocycles. The summed E-state index contributed by atoms with van der Waals surface area (Å²) in [6.07, 6.45) is 7.37. The molecule has 3 rings (SSSR count). The molecule has 3 fully saturated rings. The summed E-state index contributed by atoms with van der Waals surface area (Å²) >= 11 is 0. The van der Waals surface area contributed by atoms with Crippen LogP contribution < -0.4 is 10.6 Å². The molecule has 1 heterocycles. The Kier molecular flexibility index (Phi) is 10.0. The van der Waals surface area contributed by atoms with Crippen molar-refractivity contribution in [3.05, 3.63) is 0 Å². The van der Waals surface area contributed by atoms with Crippen molar-refractivity contribution in [2.75, 3.05) is 26.3 Å². The van der Waals surface area contributed by atoms with Gasteiger partial charge in [0.2, 0.25) is 0 Å². The molecule has 206 valence electrons. The minimum Gasteiger partial charge on any atom is -0.465 e. The van der Waals surface area contributed by atoms with E-state index in [0.29, 0.717) is 25.7 Å². The molecule has 0 atom stereocenters. The van der Waals surface area contributed by atoms with E-state index in [2.05, 4.69) is 10.6 Å². The Morgan fingerprint density at radius 3 is 1.62 bits per heavy atom. The molecule has 0 unspecified atom stereocenters. The number of esters is 2. The lowest BCUT2D eigenvalue weighted by atomic mass is 9.85. The number of amides is 5. The number of urea groups is 1. The highest BCUT2D eigenvalue weighted by molar-refractivity contribution is 6.34. The normalized spacial score (nSPS) is 21.1. The van der Waals surface area contributed by atoms with E-state index in [9.17, 15) is 28.8 Å². The molecule has 0 aromatic rings. The predicted octanol–water partition coefficient (Wildman–Crippen LogP) is 1.01. The van der Waals surface area contributed by atoms with Crippen molar-refractivity contribution < 1.29 is 38.2 Å². The fraction of sp³-hybridized carbons (Fsp3) is 0.760. The molecule has 0 bridgehead atoms. The molecule has 0 spiro atoms. The first-order valence-electron chi connectivity index (χ1n) is 13.3. The largest absolute Gasteiger partial charge is 0.465 e. The lowest BCUT2D eigenvalue weighted by Crippen LogP contribution is -2.81. The van der Waals surface area contributed by atoms with Crippen molar-refractivity contribution in [1.82, 2.24) is 20.4 Å². The van der Waals surface area contributed by atoms with E-state index < -0.39 is 66.4 Å². The van der Waals surface area contributed by atoms with E-state index in [-0.39, 0.29) is 13.2 Å². The predicted molar refractivity (Wildman–Crippen MR) is 130 cm³/mol. The Labute approximate surface area is 216 Å². The van der Waals surface area contributed by atoms with Gasteiger partial charge in [0.05, 0.1) is 19.8 Å². The van der Waals surface area contributed by atoms with Gasteiger partial charge in [0.1, 0.15) is 6.54 Å². The van der Waals surface area contributed by atoms with E-state index in [1.54, 1.807) is 13.8 Å². The highest BCUT2D eigenvalue weighted by atomic mass is 16.5. The molecule has 2 aliphatic carbocycles. The van der Waals surface area contributed by atoms with Crippen LogP contribution in [0.4, 0.5) is 4.79 Å². The van der Waals surface area contributed by atoms with Gasteiger partial charge in [-0.05, 0) is 39.5 Å². The molecule has 12 nitrogen and oxygen atoms in total. The first kappa shape index (κ1) is 28.5. The zero-order valence-electron chi connectivity index (χ0n) is 21.7. The number of hydrogen-bond acceptors (Lipinski definition) is 9. The number of nitrogens with zero attached hydrogens (tertiary/aromatic N) is 2. The second kappa shape index (κ2) is 13.0. The summed E-state index contributed by atoms with van der Waals surface area (Å²) < 4.78 is 9.79. The van der Waals surface area contributed by atoms with Gasteiger partial charge in [0.15, 0.2) is 0 Å². The third-order valence-corrected chi connectivity index (χ3v) is 7.21. The molecule has 2 saturated carbocycles. The fourth-order valence-corrected chi connectivity index (χ4v) is 5.40. The molecule has 1 aliphatic heterocycles. The zero-order chi connectivity index (χ0) is 27.0. The van der Waals surface area contributed by atoms with Gasteiger partial charge >= 0.3 is 18.0 Å². The fourth-order valence-electron chi connectivity index (χ4n) is 5.40. The minimum atomic E-state index is -2.61. The van der Waals surface area contributed by atoms with Crippen LogP contribution >= 0.6 is 0 Å². The number of hydrogen-bond donors (Lipinski definition) is 2. The van der Waals surface area contributed by atoms with E-state index >= 15 is 0 Å². The Morgan fingerprint density at radius 1 is 0.757 bits per heavy atom. The van der Waals surface area contributed by atoms with Crippen LogP contribution in [-0.4, -0.2) is 89.4 Å². The summed E-state index contributed by atoms with van der Waals surface area (Å²) in [5.41, 5.74) is -2.61. The summed E-state index contributed by atoms with van der Waals surface area (Å²) in [7, 11) is 0. The lowest BCUT2D eigenvalue weighted by Gasteiger charge is -2.48. The number of barbiturate groups is 1. The summed E-state index contributed by atoms with van der Waals surface area (Å²) in [4.78, 5) is 81.7. The molecule has 0 radical (unpaired) electrons. The van der Waals surface area contributed by atoms with Crippen LogP contribution in [0.1, 0.15) is 78.1 Å². The van der Waals surface area contributed by atoms with Crippen LogP contribution in [0.3, 0.4) is 0 Å². The van der Waals surface area contributed by atoms with E-state index in [0.717, 1.165) is 48.3 Å². The Bertz CT molecular complexity index is 855. The molecule has 37 heavy (non-hydrogen) atoms. The molecule has 0 aromatic carbocycles. The van der Waals surface area contributed by atoms with Crippen LogP contribution in [0.15, 0.2) is 0 Å². The van der Waals surface area contributed by atoms with E-state index in [1.807, 2.05) is 0 Å².